The molecule has 1 fully saturated rings. The molecule has 8 heteroatoms. The topological polar surface area (TPSA) is 75.4 Å². The average Bonchev–Trinajstić information content (AvgIpc) is 3.42. The maximum absolute atomic E-state index is 6.01. The fourth-order valence-corrected chi connectivity index (χ4v) is 3.86. The maximum atomic E-state index is 6.01. The second kappa shape index (κ2) is 9.92. The van der Waals surface area contributed by atoms with E-state index in [1.54, 1.807) is 6.26 Å². The Morgan fingerprint density at radius 2 is 1.94 bits per heavy atom. The average molecular weight is 442 g/mol. The van der Waals surface area contributed by atoms with Gasteiger partial charge < -0.3 is 19.0 Å². The SMILES string of the molecule is CCc1nc(CN(Cc2ccc(OCC(C)C)cc2)C2=NC3(CCN(C)CC3)ON2)co1. The van der Waals surface area contributed by atoms with E-state index in [4.69, 9.17) is 19.0 Å². The van der Waals surface area contributed by atoms with Gasteiger partial charge in [0.25, 0.3) is 0 Å². The van der Waals surface area contributed by atoms with Gasteiger partial charge in [-0.05, 0) is 30.7 Å². The molecule has 32 heavy (non-hydrogen) atoms. The van der Waals surface area contributed by atoms with E-state index in [-0.39, 0.29) is 0 Å². The van der Waals surface area contributed by atoms with Crippen molar-refractivity contribution in [3.05, 3.63) is 47.7 Å². The van der Waals surface area contributed by atoms with Crippen LogP contribution >= 0.6 is 0 Å². The lowest BCUT2D eigenvalue weighted by atomic mass is 10.0. The molecule has 0 amide bonds. The summed E-state index contributed by atoms with van der Waals surface area (Å²) in [6, 6.07) is 8.26. The summed E-state index contributed by atoms with van der Waals surface area (Å²) in [6.07, 6.45) is 4.26. The standard InChI is InChI=1S/C24H35N5O3/c1-5-22-25-20(17-31-22)15-29(14-19-6-8-21(9-7-19)30-16-18(2)3)23-26-24(32-27-23)10-12-28(4)13-11-24/h6-9,17-18H,5,10-16H2,1-4H3,(H,26,27). The summed E-state index contributed by atoms with van der Waals surface area (Å²) in [5.74, 6) is 2.88. The van der Waals surface area contributed by atoms with Gasteiger partial charge in [-0.15, -0.1) is 0 Å². The summed E-state index contributed by atoms with van der Waals surface area (Å²) >= 11 is 0. The van der Waals surface area contributed by atoms with Gasteiger partial charge in [-0.3, -0.25) is 0 Å². The molecule has 174 valence electrons. The highest BCUT2D eigenvalue weighted by Gasteiger charge is 2.40. The number of benzene rings is 1. The van der Waals surface area contributed by atoms with Crippen LogP contribution < -0.4 is 10.2 Å². The van der Waals surface area contributed by atoms with Crippen LogP contribution in [0.4, 0.5) is 0 Å². The number of hydrogen-bond acceptors (Lipinski definition) is 8. The quantitative estimate of drug-likeness (QED) is 0.671. The number of hydroxylamine groups is 1. The molecular formula is C24H35N5O3. The number of nitrogens with one attached hydrogen (secondary N) is 1. The lowest BCUT2D eigenvalue weighted by molar-refractivity contribution is -0.0875. The van der Waals surface area contributed by atoms with Crippen LogP contribution in [0, 0.1) is 5.92 Å². The van der Waals surface area contributed by atoms with Crippen LogP contribution in [-0.4, -0.2) is 53.2 Å². The first-order valence-corrected chi connectivity index (χ1v) is 11.6. The molecule has 2 aromatic rings. The monoisotopic (exact) mass is 441 g/mol. The summed E-state index contributed by atoms with van der Waals surface area (Å²) in [5, 5.41) is 0. The highest BCUT2D eigenvalue weighted by Crippen LogP contribution is 2.30. The first-order valence-electron chi connectivity index (χ1n) is 11.6. The molecule has 2 aliphatic rings. The smallest absolute Gasteiger partial charge is 0.222 e. The molecule has 2 aliphatic heterocycles. The van der Waals surface area contributed by atoms with Crippen LogP contribution in [-0.2, 0) is 24.3 Å². The van der Waals surface area contributed by atoms with Gasteiger partial charge in [0, 0.05) is 38.9 Å². The van der Waals surface area contributed by atoms with Crippen molar-refractivity contribution in [3.63, 3.8) is 0 Å². The second-order valence-electron chi connectivity index (χ2n) is 9.18. The third kappa shape index (κ3) is 5.61. The summed E-state index contributed by atoms with van der Waals surface area (Å²) in [6.45, 7) is 10.2. The van der Waals surface area contributed by atoms with Crippen LogP contribution in [0.15, 0.2) is 39.9 Å². The maximum Gasteiger partial charge on any atom is 0.222 e. The van der Waals surface area contributed by atoms with Gasteiger partial charge in [-0.2, -0.15) is 0 Å². The number of oxazole rings is 1. The van der Waals surface area contributed by atoms with Crippen molar-refractivity contribution in [3.8, 4) is 5.75 Å². The molecule has 1 aromatic heterocycles. The molecular weight excluding hydrogens is 406 g/mol. The number of aromatic nitrogens is 1. The fraction of sp³-hybridized carbons (Fsp3) is 0.583. The number of guanidine groups is 1. The van der Waals surface area contributed by atoms with Crippen LogP contribution in [0.2, 0.25) is 0 Å². The number of aryl methyl sites for hydroxylation is 1. The van der Waals surface area contributed by atoms with Gasteiger partial charge in [0.2, 0.25) is 5.96 Å². The molecule has 0 aliphatic carbocycles. The van der Waals surface area contributed by atoms with Gasteiger partial charge in [0.05, 0.1) is 18.8 Å². The van der Waals surface area contributed by atoms with E-state index in [0.29, 0.717) is 25.6 Å². The minimum Gasteiger partial charge on any atom is -0.493 e. The van der Waals surface area contributed by atoms with E-state index in [1.165, 1.54) is 0 Å². The predicted octanol–water partition coefficient (Wildman–Crippen LogP) is 3.59. The van der Waals surface area contributed by atoms with E-state index < -0.39 is 5.72 Å². The fourth-order valence-electron chi connectivity index (χ4n) is 3.86. The molecule has 1 N–H and O–H groups in total. The van der Waals surface area contributed by atoms with Crippen LogP contribution in [0.1, 0.15) is 50.8 Å². The Balaban J connectivity index is 1.50. The Hall–Kier alpha value is -2.58. The van der Waals surface area contributed by atoms with Crippen molar-refractivity contribution in [2.24, 2.45) is 10.9 Å². The molecule has 0 saturated carbocycles. The molecule has 0 radical (unpaired) electrons. The highest BCUT2D eigenvalue weighted by molar-refractivity contribution is 5.80. The normalized spacial score (nSPS) is 18.1. The zero-order chi connectivity index (χ0) is 22.6. The Morgan fingerprint density at radius 3 is 2.59 bits per heavy atom. The van der Waals surface area contributed by atoms with Crippen molar-refractivity contribution in [1.29, 1.82) is 0 Å². The van der Waals surface area contributed by atoms with Crippen LogP contribution in [0.3, 0.4) is 0 Å². The van der Waals surface area contributed by atoms with Crippen molar-refractivity contribution >= 4 is 5.96 Å². The first kappa shape index (κ1) is 22.6. The molecule has 1 saturated heterocycles. The molecule has 8 nitrogen and oxygen atoms in total. The first-order chi connectivity index (χ1) is 15.4. The van der Waals surface area contributed by atoms with Crippen molar-refractivity contribution < 1.29 is 14.0 Å². The number of nitrogens with zero attached hydrogens (tertiary/aromatic N) is 4. The molecule has 4 rings (SSSR count). The molecule has 0 atom stereocenters. The number of piperidine rings is 1. The lowest BCUT2D eigenvalue weighted by Gasteiger charge is -2.33. The molecule has 3 heterocycles. The predicted molar refractivity (Wildman–Crippen MR) is 123 cm³/mol. The third-order valence-electron chi connectivity index (χ3n) is 5.84. The largest absolute Gasteiger partial charge is 0.493 e. The lowest BCUT2D eigenvalue weighted by Crippen LogP contribution is -2.43. The molecule has 1 spiro atoms. The number of likely N-dealkylation sites (tertiary alicyclic amines) is 1. The Morgan fingerprint density at radius 1 is 1.19 bits per heavy atom. The zero-order valence-electron chi connectivity index (χ0n) is 19.6. The van der Waals surface area contributed by atoms with Gasteiger partial charge in [0.1, 0.15) is 12.0 Å². The third-order valence-corrected chi connectivity index (χ3v) is 5.84. The molecule has 0 bridgehead atoms. The summed E-state index contributed by atoms with van der Waals surface area (Å²) < 4.78 is 11.4. The Labute approximate surface area is 190 Å². The van der Waals surface area contributed by atoms with Crippen LogP contribution in [0.25, 0.3) is 0 Å². The summed E-state index contributed by atoms with van der Waals surface area (Å²) in [7, 11) is 2.14. The van der Waals surface area contributed by atoms with Crippen molar-refractivity contribution in [2.45, 2.75) is 58.8 Å². The summed E-state index contributed by atoms with van der Waals surface area (Å²) in [5.41, 5.74) is 4.68. The van der Waals surface area contributed by atoms with E-state index in [1.807, 2.05) is 19.1 Å². The molecule has 0 unspecified atom stereocenters. The second-order valence-corrected chi connectivity index (χ2v) is 9.18. The van der Waals surface area contributed by atoms with E-state index in [0.717, 1.165) is 61.2 Å². The van der Waals surface area contributed by atoms with Gasteiger partial charge in [0.15, 0.2) is 11.6 Å². The number of aliphatic imine (C=N–C) groups is 1. The minimum absolute atomic E-state index is 0.479. The van der Waals surface area contributed by atoms with Gasteiger partial charge in [-0.1, -0.05) is 32.9 Å². The van der Waals surface area contributed by atoms with E-state index in [9.17, 15) is 0 Å². The number of hydrogen-bond donors (Lipinski definition) is 1. The van der Waals surface area contributed by atoms with Gasteiger partial charge in [-0.25, -0.2) is 20.3 Å². The van der Waals surface area contributed by atoms with E-state index >= 15 is 0 Å². The van der Waals surface area contributed by atoms with Crippen molar-refractivity contribution in [2.75, 3.05) is 26.7 Å². The van der Waals surface area contributed by atoms with Gasteiger partial charge >= 0.3 is 0 Å². The van der Waals surface area contributed by atoms with Crippen LogP contribution in [0.5, 0.6) is 5.75 Å². The van der Waals surface area contributed by atoms with Crippen molar-refractivity contribution in [1.82, 2.24) is 20.3 Å². The molecule has 1 aromatic carbocycles. The summed E-state index contributed by atoms with van der Waals surface area (Å²) in [4.78, 5) is 20.1. The Bertz CT molecular complexity index is 901. The number of rotatable bonds is 8. The zero-order valence-corrected chi connectivity index (χ0v) is 19.6. The Kier molecular flexibility index (Phi) is 7.01. The highest BCUT2D eigenvalue weighted by atomic mass is 16.7. The number of ether oxygens (including phenoxy) is 1. The minimum atomic E-state index is -0.479. The van der Waals surface area contributed by atoms with E-state index in [2.05, 4.69) is 53.3 Å².